The monoisotopic (exact) mass is 764 g/mol. The van der Waals surface area contributed by atoms with Crippen LogP contribution in [0, 0.1) is 5.92 Å². The van der Waals surface area contributed by atoms with Gasteiger partial charge in [0.2, 0.25) is 0 Å². The van der Waals surface area contributed by atoms with Crippen LogP contribution in [0.4, 0.5) is 0 Å². The summed E-state index contributed by atoms with van der Waals surface area (Å²) in [6.07, 6.45) is -2.81. The van der Waals surface area contributed by atoms with Gasteiger partial charge < -0.3 is 37.5 Å². The molecule has 0 bridgehead atoms. The van der Waals surface area contributed by atoms with Gasteiger partial charge in [-0.05, 0) is 36.4 Å². The average molecular weight is 765 g/mol. The van der Waals surface area contributed by atoms with E-state index in [2.05, 4.69) is 19.1 Å². The number of hydrogen-bond donors (Lipinski definition) is 0. The molecule has 6 atom stereocenters. The number of fused-ring (bicyclic) bond motifs is 2. The molecule has 3 unspecified atom stereocenters. The maximum atomic E-state index is 6.98. The molecule has 10 heteroatoms. The smallest absolute Gasteiger partial charge is 0.457 e. The third-order valence-corrected chi connectivity index (χ3v) is 12.3. The van der Waals surface area contributed by atoms with Gasteiger partial charge in [0.15, 0.2) is 12.6 Å². The molecule has 2 saturated heterocycles. The highest BCUT2D eigenvalue weighted by molar-refractivity contribution is 7.42. The van der Waals surface area contributed by atoms with Crippen molar-refractivity contribution in [1.29, 1.82) is 0 Å². The topological polar surface area (TPSA) is 83.1 Å². The van der Waals surface area contributed by atoms with Gasteiger partial charge >= 0.3 is 8.60 Å². The Hall–Kier alpha value is -5.25. The predicted molar refractivity (Wildman–Crippen MR) is 207 cm³/mol. The van der Waals surface area contributed by atoms with E-state index in [0.29, 0.717) is 29.6 Å². The molecule has 0 amide bonds. The van der Waals surface area contributed by atoms with Crippen LogP contribution in [0.2, 0.25) is 0 Å². The Kier molecular flexibility index (Phi) is 8.35. The molecule has 6 aromatic carbocycles. The maximum Gasteiger partial charge on any atom is 0.463 e. The van der Waals surface area contributed by atoms with Crippen molar-refractivity contribution < 1.29 is 42.0 Å². The highest BCUT2D eigenvalue weighted by atomic mass is 31.2. The Morgan fingerprint density at radius 1 is 0.500 bits per heavy atom. The summed E-state index contributed by atoms with van der Waals surface area (Å²) in [6.45, 7) is 2.79. The summed E-state index contributed by atoms with van der Waals surface area (Å²) in [6, 6.07) is 47.9. The number of benzene rings is 6. The molecule has 5 aliphatic heterocycles. The molecule has 1 spiro atoms. The normalized spacial score (nSPS) is 25.5. The molecule has 0 aromatic heterocycles. The van der Waals surface area contributed by atoms with Crippen molar-refractivity contribution in [3.8, 4) is 34.5 Å². The van der Waals surface area contributed by atoms with E-state index in [1.807, 2.05) is 133 Å². The van der Waals surface area contributed by atoms with Gasteiger partial charge in [-0.15, -0.1) is 0 Å². The highest BCUT2D eigenvalue weighted by Gasteiger charge is 2.56. The molecule has 9 nitrogen and oxygen atoms in total. The van der Waals surface area contributed by atoms with E-state index in [1.165, 1.54) is 0 Å². The first-order valence-corrected chi connectivity index (χ1v) is 20.0. The van der Waals surface area contributed by atoms with Gasteiger partial charge in [0, 0.05) is 28.2 Å². The summed E-state index contributed by atoms with van der Waals surface area (Å²) < 4.78 is 60.5. The van der Waals surface area contributed by atoms with E-state index in [0.717, 1.165) is 44.9 Å². The number of rotatable bonds is 5. The Bertz CT molecular complexity index is 2300. The zero-order valence-electron chi connectivity index (χ0n) is 30.4. The molecular weight excluding hydrogens is 727 g/mol. The third kappa shape index (κ3) is 5.45. The van der Waals surface area contributed by atoms with E-state index in [1.54, 1.807) is 0 Å². The van der Waals surface area contributed by atoms with Crippen LogP contribution in [0.25, 0.3) is 0 Å². The maximum absolute atomic E-state index is 6.98. The van der Waals surface area contributed by atoms with Crippen LogP contribution in [0.15, 0.2) is 146 Å². The summed E-state index contributed by atoms with van der Waals surface area (Å²) in [5, 5.41) is 0. The first-order chi connectivity index (χ1) is 27.6. The molecule has 0 saturated carbocycles. The van der Waals surface area contributed by atoms with Crippen molar-refractivity contribution in [2.24, 2.45) is 5.92 Å². The van der Waals surface area contributed by atoms with Crippen LogP contribution in [-0.4, -0.2) is 31.5 Å². The molecule has 0 radical (unpaired) electrons. The Labute approximate surface area is 325 Å². The number of para-hydroxylation sites is 2. The van der Waals surface area contributed by atoms with Gasteiger partial charge in [-0.3, -0.25) is 4.52 Å². The van der Waals surface area contributed by atoms with Crippen molar-refractivity contribution in [1.82, 2.24) is 0 Å². The molecule has 2 fully saturated rings. The lowest BCUT2D eigenvalue weighted by molar-refractivity contribution is -0.321. The van der Waals surface area contributed by atoms with Crippen molar-refractivity contribution in [2.45, 2.75) is 43.2 Å². The number of ether oxygens (including phenoxy) is 6. The van der Waals surface area contributed by atoms with E-state index >= 15 is 0 Å². The Morgan fingerprint density at radius 2 is 0.964 bits per heavy atom. The summed E-state index contributed by atoms with van der Waals surface area (Å²) >= 11 is 0. The van der Waals surface area contributed by atoms with Gasteiger partial charge in [-0.2, -0.15) is 0 Å². The molecule has 5 aliphatic rings. The molecule has 280 valence electrons. The third-order valence-electron chi connectivity index (χ3n) is 11.2. The minimum atomic E-state index is -2.12. The molecule has 0 aliphatic carbocycles. The second kappa shape index (κ2) is 13.7. The van der Waals surface area contributed by atoms with Crippen molar-refractivity contribution in [2.75, 3.05) is 13.2 Å². The van der Waals surface area contributed by atoms with Crippen LogP contribution in [-0.2, 0) is 28.9 Å². The van der Waals surface area contributed by atoms with Crippen molar-refractivity contribution >= 4 is 8.60 Å². The van der Waals surface area contributed by atoms with E-state index < -0.39 is 44.9 Å². The van der Waals surface area contributed by atoms with Crippen LogP contribution in [0.3, 0.4) is 0 Å². The predicted octanol–water partition coefficient (Wildman–Crippen LogP) is 10.5. The molecular formula is C46H37O9P. The second-order valence-electron chi connectivity index (χ2n) is 14.6. The van der Waals surface area contributed by atoms with Crippen LogP contribution >= 0.6 is 8.60 Å². The average Bonchev–Trinajstić information content (AvgIpc) is 3.24. The standard InChI is InChI=1S/C46H37O9P/c1-28-26-47-44(29-14-4-2-5-15-29)51-42(28)43-39(27-48-45(52-43)30-16-6-3-7-17-30)55-56-53-37-24-12-22-35-40(37)46(31-18-8-10-20-33(31)49-35)32-19-9-11-21-34(32)50-36-23-13-25-38(54-56)41(36)46/h2-25,28,39,42-45H,26-27H2,1H3/t28-,39?,42-,43-,44?,45?,46?/m1/s1. The SMILES string of the molecule is C[C@@H]1COC(c2ccccc2)O[C@H]1[C@@H]1OC(c2ccccc2)OCC1OP1Oc2cccc3c2C2(c4ccccc4O3)c3ccccc3Oc3cccc(c32)O1. The molecule has 6 aromatic rings. The van der Waals surface area contributed by atoms with Crippen LogP contribution < -0.4 is 18.5 Å². The van der Waals surface area contributed by atoms with Gasteiger partial charge in [-0.25, -0.2) is 0 Å². The van der Waals surface area contributed by atoms with Gasteiger partial charge in [0.1, 0.15) is 46.7 Å². The zero-order valence-corrected chi connectivity index (χ0v) is 31.3. The van der Waals surface area contributed by atoms with Gasteiger partial charge in [0.25, 0.3) is 0 Å². The van der Waals surface area contributed by atoms with Gasteiger partial charge in [0.05, 0.1) is 35.9 Å². The highest BCUT2D eigenvalue weighted by Crippen LogP contribution is 2.67. The lowest BCUT2D eigenvalue weighted by Gasteiger charge is -2.47. The van der Waals surface area contributed by atoms with Gasteiger partial charge in [-0.1, -0.05) is 116 Å². The molecule has 5 heterocycles. The van der Waals surface area contributed by atoms with E-state index in [4.69, 9.17) is 42.0 Å². The summed E-state index contributed by atoms with van der Waals surface area (Å²) in [4.78, 5) is 0. The lowest BCUT2D eigenvalue weighted by atomic mass is 9.62. The Morgan fingerprint density at radius 3 is 1.54 bits per heavy atom. The summed E-state index contributed by atoms with van der Waals surface area (Å²) in [5.74, 6) is 4.00. The first-order valence-electron chi connectivity index (χ1n) is 18.9. The number of hydrogen-bond acceptors (Lipinski definition) is 9. The molecule has 56 heavy (non-hydrogen) atoms. The van der Waals surface area contributed by atoms with Crippen molar-refractivity contribution in [3.05, 3.63) is 179 Å². The van der Waals surface area contributed by atoms with Crippen LogP contribution in [0.5, 0.6) is 34.5 Å². The Balaban J connectivity index is 1.01. The van der Waals surface area contributed by atoms with E-state index in [9.17, 15) is 0 Å². The fourth-order valence-electron chi connectivity index (χ4n) is 8.74. The van der Waals surface area contributed by atoms with Crippen LogP contribution in [0.1, 0.15) is 52.9 Å². The zero-order chi connectivity index (χ0) is 37.2. The quantitative estimate of drug-likeness (QED) is 0.159. The fourth-order valence-corrected chi connectivity index (χ4v) is 9.89. The summed E-state index contributed by atoms with van der Waals surface area (Å²) in [7, 11) is -2.12. The largest absolute Gasteiger partial charge is 0.463 e. The minimum Gasteiger partial charge on any atom is -0.457 e. The fraction of sp³-hybridized carbons (Fsp3) is 0.217. The molecule has 0 N–H and O–H groups in total. The van der Waals surface area contributed by atoms with Crippen molar-refractivity contribution in [3.63, 3.8) is 0 Å². The second-order valence-corrected chi connectivity index (χ2v) is 15.6. The lowest BCUT2D eigenvalue weighted by Crippen LogP contribution is -2.54. The molecule has 11 rings (SSSR count). The first kappa shape index (κ1) is 34.0. The van der Waals surface area contributed by atoms with E-state index in [-0.39, 0.29) is 12.5 Å². The summed E-state index contributed by atoms with van der Waals surface area (Å²) in [5.41, 5.74) is 4.58. The minimum absolute atomic E-state index is 0.0233.